The molecular weight excluding hydrogens is 342 g/mol. The predicted octanol–water partition coefficient (Wildman–Crippen LogP) is 2.93. The van der Waals surface area contributed by atoms with E-state index in [0.717, 1.165) is 0 Å². The van der Waals surface area contributed by atoms with Gasteiger partial charge in [0.15, 0.2) is 16.9 Å². The average molecular weight is 361 g/mol. The Bertz CT molecular complexity index is 743. The molecule has 0 saturated carbocycles. The van der Waals surface area contributed by atoms with Crippen LogP contribution in [0.3, 0.4) is 0 Å². The summed E-state index contributed by atoms with van der Waals surface area (Å²) < 4.78 is 10.2. The van der Waals surface area contributed by atoms with Crippen molar-refractivity contribution < 1.29 is 19.1 Å². The number of anilines is 2. The number of benzene rings is 1. The third-order valence-electron chi connectivity index (χ3n) is 3.12. The second-order valence-corrected chi connectivity index (χ2v) is 5.83. The molecule has 2 aromatic rings. The first-order valence-electron chi connectivity index (χ1n) is 7.49. The SMILES string of the molecule is C=CCNc1nc(C(=O)OC(C)C(=O)Nc2ccc(OC)cc2)cs1. The van der Waals surface area contributed by atoms with Gasteiger partial charge in [0.25, 0.3) is 5.91 Å². The zero-order valence-corrected chi connectivity index (χ0v) is 14.8. The van der Waals surface area contributed by atoms with E-state index in [1.165, 1.54) is 18.3 Å². The number of hydrogen-bond donors (Lipinski definition) is 2. The van der Waals surface area contributed by atoms with Crippen molar-refractivity contribution in [1.82, 2.24) is 4.98 Å². The lowest BCUT2D eigenvalue weighted by Gasteiger charge is -2.13. The van der Waals surface area contributed by atoms with E-state index in [-0.39, 0.29) is 5.69 Å². The summed E-state index contributed by atoms with van der Waals surface area (Å²) in [5, 5.41) is 7.81. The lowest BCUT2D eigenvalue weighted by molar-refractivity contribution is -0.123. The van der Waals surface area contributed by atoms with Crippen LogP contribution in [0.1, 0.15) is 17.4 Å². The Morgan fingerprint density at radius 3 is 2.72 bits per heavy atom. The highest BCUT2D eigenvalue weighted by molar-refractivity contribution is 7.13. The molecule has 132 valence electrons. The van der Waals surface area contributed by atoms with Gasteiger partial charge in [0.2, 0.25) is 0 Å². The van der Waals surface area contributed by atoms with E-state index in [1.54, 1.807) is 42.8 Å². The fourth-order valence-corrected chi connectivity index (χ4v) is 2.49. The minimum atomic E-state index is -0.958. The molecule has 1 heterocycles. The number of methoxy groups -OCH3 is 1. The first-order valence-corrected chi connectivity index (χ1v) is 8.37. The van der Waals surface area contributed by atoms with E-state index in [4.69, 9.17) is 9.47 Å². The number of rotatable bonds is 8. The maximum atomic E-state index is 12.1. The fraction of sp³-hybridized carbons (Fsp3) is 0.235. The largest absolute Gasteiger partial charge is 0.497 e. The number of amides is 1. The Balaban J connectivity index is 1.89. The minimum Gasteiger partial charge on any atom is -0.497 e. The Labute approximate surface area is 149 Å². The molecule has 0 aliphatic carbocycles. The molecule has 0 spiro atoms. The van der Waals surface area contributed by atoms with Crippen molar-refractivity contribution in [3.05, 3.63) is 48.0 Å². The van der Waals surface area contributed by atoms with Gasteiger partial charge in [-0.25, -0.2) is 9.78 Å². The van der Waals surface area contributed by atoms with Crippen molar-refractivity contribution in [2.75, 3.05) is 24.3 Å². The van der Waals surface area contributed by atoms with Crippen LogP contribution >= 0.6 is 11.3 Å². The molecule has 0 radical (unpaired) electrons. The van der Waals surface area contributed by atoms with Crippen molar-refractivity contribution in [3.63, 3.8) is 0 Å². The molecule has 2 rings (SSSR count). The van der Waals surface area contributed by atoms with Crippen LogP contribution in [0.25, 0.3) is 0 Å². The van der Waals surface area contributed by atoms with E-state index < -0.39 is 18.0 Å². The molecule has 7 nitrogen and oxygen atoms in total. The number of esters is 1. The maximum Gasteiger partial charge on any atom is 0.358 e. The highest BCUT2D eigenvalue weighted by atomic mass is 32.1. The summed E-state index contributed by atoms with van der Waals surface area (Å²) in [5.74, 6) is -0.402. The van der Waals surface area contributed by atoms with E-state index in [2.05, 4.69) is 22.2 Å². The van der Waals surface area contributed by atoms with Gasteiger partial charge in [-0.2, -0.15) is 0 Å². The van der Waals surface area contributed by atoms with Gasteiger partial charge >= 0.3 is 5.97 Å². The third-order valence-corrected chi connectivity index (χ3v) is 3.92. The van der Waals surface area contributed by atoms with Gasteiger partial charge in [-0.05, 0) is 31.2 Å². The van der Waals surface area contributed by atoms with Gasteiger partial charge in [0.1, 0.15) is 5.75 Å². The zero-order valence-electron chi connectivity index (χ0n) is 13.9. The van der Waals surface area contributed by atoms with Gasteiger partial charge < -0.3 is 20.1 Å². The topological polar surface area (TPSA) is 89.5 Å². The van der Waals surface area contributed by atoms with Crippen molar-refractivity contribution in [2.24, 2.45) is 0 Å². The summed E-state index contributed by atoms with van der Waals surface area (Å²) in [4.78, 5) is 28.3. The van der Waals surface area contributed by atoms with Crippen LogP contribution in [0.5, 0.6) is 5.75 Å². The van der Waals surface area contributed by atoms with Crippen LogP contribution in [-0.4, -0.2) is 36.6 Å². The molecular formula is C17H19N3O4S. The molecule has 25 heavy (non-hydrogen) atoms. The van der Waals surface area contributed by atoms with E-state index in [0.29, 0.717) is 23.1 Å². The van der Waals surface area contributed by atoms with Crippen molar-refractivity contribution in [2.45, 2.75) is 13.0 Å². The highest BCUT2D eigenvalue weighted by Crippen LogP contribution is 2.17. The van der Waals surface area contributed by atoms with Crippen molar-refractivity contribution in [3.8, 4) is 5.75 Å². The van der Waals surface area contributed by atoms with E-state index >= 15 is 0 Å². The monoisotopic (exact) mass is 361 g/mol. The number of thiazole rings is 1. The fourth-order valence-electron chi connectivity index (χ4n) is 1.80. The molecule has 0 saturated heterocycles. The summed E-state index contributed by atoms with van der Waals surface area (Å²) in [6.07, 6.45) is 0.728. The molecule has 2 N–H and O–H groups in total. The lowest BCUT2D eigenvalue weighted by Crippen LogP contribution is -2.30. The van der Waals surface area contributed by atoms with Crippen LogP contribution < -0.4 is 15.4 Å². The van der Waals surface area contributed by atoms with E-state index in [9.17, 15) is 9.59 Å². The Kier molecular flexibility index (Phi) is 6.53. The smallest absolute Gasteiger partial charge is 0.358 e. The molecule has 1 amide bonds. The Hall–Kier alpha value is -2.87. The summed E-state index contributed by atoms with van der Waals surface area (Å²) in [6.45, 7) is 5.64. The molecule has 0 aliphatic rings. The van der Waals surface area contributed by atoms with Gasteiger partial charge in [-0.15, -0.1) is 17.9 Å². The molecule has 8 heteroatoms. The summed E-state index contributed by atoms with van der Waals surface area (Å²) >= 11 is 1.28. The molecule has 1 atom stereocenters. The van der Waals surface area contributed by atoms with E-state index in [1.807, 2.05) is 0 Å². The maximum absolute atomic E-state index is 12.1. The van der Waals surface area contributed by atoms with Crippen LogP contribution in [0.15, 0.2) is 42.3 Å². The molecule has 1 aromatic carbocycles. The predicted molar refractivity (Wildman–Crippen MR) is 97.3 cm³/mol. The number of nitrogens with zero attached hydrogens (tertiary/aromatic N) is 1. The Morgan fingerprint density at radius 2 is 2.08 bits per heavy atom. The second kappa shape index (κ2) is 8.84. The first-order chi connectivity index (χ1) is 12.0. The number of carbonyl (C=O) groups excluding carboxylic acids is 2. The normalized spacial score (nSPS) is 11.3. The molecule has 1 aromatic heterocycles. The molecule has 0 fully saturated rings. The second-order valence-electron chi connectivity index (χ2n) is 4.97. The van der Waals surface area contributed by atoms with Gasteiger partial charge in [0.05, 0.1) is 7.11 Å². The molecule has 0 aliphatic heterocycles. The van der Waals surface area contributed by atoms with Crippen molar-refractivity contribution in [1.29, 1.82) is 0 Å². The Morgan fingerprint density at radius 1 is 1.36 bits per heavy atom. The summed E-state index contributed by atoms with van der Waals surface area (Å²) in [5.41, 5.74) is 0.735. The standard InChI is InChI=1S/C17H19N3O4S/c1-4-9-18-17-20-14(10-25-17)16(22)24-11(2)15(21)19-12-5-7-13(23-3)8-6-12/h4-8,10-11H,1,9H2,2-3H3,(H,18,20)(H,19,21). The zero-order chi connectivity index (χ0) is 18.2. The quantitative estimate of drug-likeness (QED) is 0.555. The van der Waals surface area contributed by atoms with Crippen molar-refractivity contribution >= 4 is 34.0 Å². The number of aromatic nitrogens is 1. The highest BCUT2D eigenvalue weighted by Gasteiger charge is 2.21. The third kappa shape index (κ3) is 5.32. The van der Waals surface area contributed by atoms with Crippen LogP contribution in [0.4, 0.5) is 10.8 Å². The average Bonchev–Trinajstić information content (AvgIpc) is 3.09. The summed E-state index contributed by atoms with van der Waals surface area (Å²) in [7, 11) is 1.56. The molecule has 1 unspecified atom stereocenters. The van der Waals surface area contributed by atoms with Crippen LogP contribution in [0, 0.1) is 0 Å². The molecule has 0 bridgehead atoms. The minimum absolute atomic E-state index is 0.153. The van der Waals surface area contributed by atoms with Gasteiger partial charge in [-0.1, -0.05) is 6.08 Å². The first kappa shape index (κ1) is 18.5. The van der Waals surface area contributed by atoms with Crippen LogP contribution in [0.2, 0.25) is 0 Å². The van der Waals surface area contributed by atoms with Gasteiger partial charge in [-0.3, -0.25) is 4.79 Å². The number of nitrogens with one attached hydrogen (secondary N) is 2. The van der Waals surface area contributed by atoms with Gasteiger partial charge in [0, 0.05) is 17.6 Å². The number of hydrogen-bond acceptors (Lipinski definition) is 7. The van der Waals surface area contributed by atoms with Crippen LogP contribution in [-0.2, 0) is 9.53 Å². The number of ether oxygens (including phenoxy) is 2. The number of carbonyl (C=O) groups is 2. The lowest BCUT2D eigenvalue weighted by atomic mass is 10.3. The summed E-state index contributed by atoms with van der Waals surface area (Å²) in [6, 6.07) is 6.84.